The molecule has 1 fully saturated rings. The number of aromatic amines is 1. The Kier molecular flexibility index (Phi) is 7.02. The van der Waals surface area contributed by atoms with Crippen molar-refractivity contribution in [3.05, 3.63) is 51.4 Å². The highest BCUT2D eigenvalue weighted by Crippen LogP contribution is 2.26. The summed E-state index contributed by atoms with van der Waals surface area (Å²) in [6.45, 7) is 1.78. The molecule has 1 aromatic carbocycles. The van der Waals surface area contributed by atoms with Gasteiger partial charge >= 0.3 is 0 Å². The second-order valence-electron chi connectivity index (χ2n) is 8.74. The molecule has 0 radical (unpaired) electrons. The number of aromatic nitrogens is 2. The predicted octanol–water partition coefficient (Wildman–Crippen LogP) is 3.64. The van der Waals surface area contributed by atoms with Gasteiger partial charge in [0.25, 0.3) is 11.8 Å². The van der Waals surface area contributed by atoms with Crippen LogP contribution in [-0.4, -0.2) is 52.4 Å². The maximum atomic E-state index is 13.5. The summed E-state index contributed by atoms with van der Waals surface area (Å²) in [7, 11) is 2.07. The molecular formula is C23H27ClFN5O2S. The molecule has 2 aromatic heterocycles. The Morgan fingerprint density at radius 1 is 1.15 bits per heavy atom. The minimum atomic E-state index is -0.339. The van der Waals surface area contributed by atoms with E-state index in [1.807, 2.05) is 0 Å². The summed E-state index contributed by atoms with van der Waals surface area (Å²) in [4.78, 5) is 36.8. The molecule has 3 heterocycles. The first-order valence-corrected chi connectivity index (χ1v) is 11.8. The Morgan fingerprint density at radius 3 is 2.64 bits per heavy atom. The second kappa shape index (κ2) is 9.79. The van der Waals surface area contributed by atoms with E-state index in [1.54, 1.807) is 12.1 Å². The van der Waals surface area contributed by atoms with E-state index in [9.17, 15) is 14.0 Å². The molecule has 5 rings (SSSR count). The maximum absolute atomic E-state index is 13.5. The largest absolute Gasteiger partial charge is 0.351 e. The van der Waals surface area contributed by atoms with Crippen LogP contribution in [0.1, 0.15) is 56.5 Å². The van der Waals surface area contributed by atoms with E-state index < -0.39 is 0 Å². The molecule has 3 N–H and O–H groups in total. The number of nitrogens with zero attached hydrogens (tertiary/aromatic N) is 2. The van der Waals surface area contributed by atoms with E-state index >= 15 is 0 Å². The van der Waals surface area contributed by atoms with Gasteiger partial charge in [0.05, 0.1) is 5.69 Å². The van der Waals surface area contributed by atoms with Crippen LogP contribution in [0.4, 0.5) is 4.39 Å². The van der Waals surface area contributed by atoms with Crippen LogP contribution in [0.15, 0.2) is 24.3 Å². The number of hydrogen-bond acceptors (Lipinski definition) is 5. The van der Waals surface area contributed by atoms with Gasteiger partial charge in [0, 0.05) is 47.4 Å². The van der Waals surface area contributed by atoms with Crippen molar-refractivity contribution < 1.29 is 14.0 Å². The van der Waals surface area contributed by atoms with Crippen LogP contribution in [0.25, 0.3) is 10.9 Å². The molecule has 0 spiro atoms. The fourth-order valence-corrected chi connectivity index (χ4v) is 5.69. The number of likely N-dealkylation sites (N-methyl/N-ethyl adjacent to an activating group) is 1. The summed E-state index contributed by atoms with van der Waals surface area (Å²) in [5, 5.41) is 7.34. The predicted molar refractivity (Wildman–Crippen MR) is 129 cm³/mol. The summed E-state index contributed by atoms with van der Waals surface area (Å²) in [6.07, 6.45) is 4.47. The topological polar surface area (TPSA) is 90.1 Å². The Labute approximate surface area is 201 Å². The summed E-state index contributed by atoms with van der Waals surface area (Å²) in [5.74, 6) is -0.756. The molecule has 176 valence electrons. The van der Waals surface area contributed by atoms with Gasteiger partial charge in [-0.3, -0.25) is 9.59 Å². The Morgan fingerprint density at radius 2 is 1.88 bits per heavy atom. The summed E-state index contributed by atoms with van der Waals surface area (Å²) >= 11 is 1.46. The van der Waals surface area contributed by atoms with E-state index in [4.69, 9.17) is 0 Å². The minimum Gasteiger partial charge on any atom is -0.351 e. The van der Waals surface area contributed by atoms with E-state index in [0.29, 0.717) is 21.6 Å². The number of thiazole rings is 1. The van der Waals surface area contributed by atoms with Crippen molar-refractivity contribution in [2.24, 2.45) is 0 Å². The van der Waals surface area contributed by atoms with Gasteiger partial charge in [-0.1, -0.05) is 12.8 Å². The Bertz CT molecular complexity index is 1180. The molecule has 2 aliphatic rings. The molecular weight excluding hydrogens is 465 g/mol. The first kappa shape index (κ1) is 23.7. The molecule has 10 heteroatoms. The zero-order chi connectivity index (χ0) is 22.2. The number of carbonyl (C=O) groups is 2. The molecule has 1 aliphatic heterocycles. The van der Waals surface area contributed by atoms with Gasteiger partial charge in [-0.2, -0.15) is 0 Å². The zero-order valence-corrected chi connectivity index (χ0v) is 20.0. The monoisotopic (exact) mass is 491 g/mol. The molecule has 2 atom stereocenters. The van der Waals surface area contributed by atoms with E-state index in [0.717, 1.165) is 55.8 Å². The van der Waals surface area contributed by atoms with Crippen molar-refractivity contribution in [2.75, 3.05) is 13.6 Å². The van der Waals surface area contributed by atoms with Crippen LogP contribution in [0.3, 0.4) is 0 Å². The summed E-state index contributed by atoms with van der Waals surface area (Å²) < 4.78 is 13.5. The molecule has 0 unspecified atom stereocenters. The zero-order valence-electron chi connectivity index (χ0n) is 18.3. The number of rotatable bonds is 4. The van der Waals surface area contributed by atoms with E-state index in [-0.39, 0.29) is 42.1 Å². The first-order valence-electron chi connectivity index (χ1n) is 11.0. The highest BCUT2D eigenvalue weighted by Gasteiger charge is 2.30. The van der Waals surface area contributed by atoms with Crippen LogP contribution in [0.5, 0.6) is 0 Å². The highest BCUT2D eigenvalue weighted by molar-refractivity contribution is 7.13. The van der Waals surface area contributed by atoms with Gasteiger partial charge in [-0.15, -0.1) is 23.7 Å². The Balaban J connectivity index is 0.00000259. The number of benzene rings is 1. The normalized spacial score (nSPS) is 20.7. The van der Waals surface area contributed by atoms with E-state index in [2.05, 4.69) is 32.5 Å². The molecule has 7 nitrogen and oxygen atoms in total. The SMILES string of the molecule is CN1CCc2nc(C(=O)N[C@H]3CCCC[C@H]3NC(=O)c3cc4cc(F)ccc4[nH]3)sc2C1.Cl. The molecule has 33 heavy (non-hydrogen) atoms. The van der Waals surface area contributed by atoms with Gasteiger partial charge < -0.3 is 20.5 Å². The van der Waals surface area contributed by atoms with Crippen molar-refractivity contribution in [3.63, 3.8) is 0 Å². The van der Waals surface area contributed by atoms with Crippen LogP contribution >= 0.6 is 23.7 Å². The van der Waals surface area contributed by atoms with E-state index in [1.165, 1.54) is 23.5 Å². The third kappa shape index (κ3) is 5.05. The summed E-state index contributed by atoms with van der Waals surface area (Å²) in [6, 6.07) is 5.73. The second-order valence-corrected chi connectivity index (χ2v) is 9.82. The summed E-state index contributed by atoms with van der Waals surface area (Å²) in [5.41, 5.74) is 2.13. The van der Waals surface area contributed by atoms with Crippen LogP contribution in [0, 0.1) is 5.82 Å². The van der Waals surface area contributed by atoms with Gasteiger partial charge in [-0.05, 0) is 44.2 Å². The maximum Gasteiger partial charge on any atom is 0.280 e. The first-order chi connectivity index (χ1) is 15.5. The van der Waals surface area contributed by atoms with Crippen molar-refractivity contribution in [2.45, 2.75) is 50.7 Å². The highest BCUT2D eigenvalue weighted by atomic mass is 35.5. The smallest absolute Gasteiger partial charge is 0.280 e. The minimum absolute atomic E-state index is 0. The van der Waals surface area contributed by atoms with Crippen LogP contribution < -0.4 is 10.6 Å². The molecule has 1 aliphatic carbocycles. The fourth-order valence-electron chi connectivity index (χ4n) is 4.60. The van der Waals surface area contributed by atoms with Gasteiger partial charge in [0.2, 0.25) is 0 Å². The average molecular weight is 492 g/mol. The number of fused-ring (bicyclic) bond motifs is 2. The average Bonchev–Trinajstić information content (AvgIpc) is 3.38. The van der Waals surface area contributed by atoms with Crippen molar-refractivity contribution in [1.82, 2.24) is 25.5 Å². The standard InChI is InChI=1S/C23H26FN5O2S.ClH/c1-29-9-8-18-20(12-29)32-23(28-18)22(31)27-17-5-3-2-4-16(17)26-21(30)19-11-13-10-14(24)6-7-15(13)25-19;/h6-7,10-11,16-17,25H,2-5,8-9,12H2,1H3,(H,26,30)(H,27,31);1H/t16-,17+;/m1./s1. The number of carbonyl (C=O) groups excluding carboxylic acids is 2. The quantitative estimate of drug-likeness (QED) is 0.519. The lowest BCUT2D eigenvalue weighted by Gasteiger charge is -2.32. The van der Waals surface area contributed by atoms with Gasteiger partial charge in [0.1, 0.15) is 11.5 Å². The third-order valence-corrected chi connectivity index (χ3v) is 7.42. The number of amides is 2. The van der Waals surface area contributed by atoms with Gasteiger partial charge in [-0.25, -0.2) is 9.37 Å². The number of hydrogen-bond donors (Lipinski definition) is 3. The van der Waals surface area contributed by atoms with Crippen LogP contribution in [-0.2, 0) is 13.0 Å². The molecule has 3 aromatic rings. The van der Waals surface area contributed by atoms with Crippen LogP contribution in [0.2, 0.25) is 0 Å². The lowest BCUT2D eigenvalue weighted by molar-refractivity contribution is 0.0860. The lowest BCUT2D eigenvalue weighted by atomic mass is 9.90. The molecule has 2 amide bonds. The van der Waals surface area contributed by atoms with Crippen molar-refractivity contribution in [1.29, 1.82) is 0 Å². The third-order valence-electron chi connectivity index (χ3n) is 6.34. The lowest BCUT2D eigenvalue weighted by Crippen LogP contribution is -2.53. The van der Waals surface area contributed by atoms with Crippen molar-refractivity contribution in [3.8, 4) is 0 Å². The van der Waals surface area contributed by atoms with Crippen molar-refractivity contribution >= 4 is 46.5 Å². The molecule has 1 saturated carbocycles. The Hall–Kier alpha value is -2.49. The molecule has 0 saturated heterocycles. The number of H-pyrrole nitrogens is 1. The number of halogens is 2. The van der Waals surface area contributed by atoms with Gasteiger partial charge in [0.15, 0.2) is 5.01 Å². The number of nitrogens with one attached hydrogen (secondary N) is 3. The molecule has 0 bridgehead atoms. The fraction of sp³-hybridized carbons (Fsp3) is 0.435.